The monoisotopic (exact) mass is 871 g/mol. The predicted octanol–water partition coefficient (Wildman–Crippen LogP) is 3.68. The minimum Gasteiger partial charge on any atom is -0.496 e. The molecule has 2 unspecified atom stereocenters. The van der Waals surface area contributed by atoms with Gasteiger partial charge in [0.15, 0.2) is 5.65 Å². The van der Waals surface area contributed by atoms with E-state index in [1.165, 1.54) is 25.6 Å². The minimum atomic E-state index is -0.628. The van der Waals surface area contributed by atoms with Gasteiger partial charge in [-0.2, -0.15) is 5.10 Å². The number of ether oxygens (including phenoxy) is 1. The molecule has 2 atom stereocenters. The predicted molar refractivity (Wildman–Crippen MR) is 235 cm³/mol. The molecule has 0 aliphatic carbocycles. The van der Waals surface area contributed by atoms with Gasteiger partial charge in [0.05, 0.1) is 24.1 Å². The Morgan fingerprint density at radius 1 is 0.953 bits per heavy atom. The second kappa shape index (κ2) is 18.0. The molecule has 0 radical (unpaired) electrons. The van der Waals surface area contributed by atoms with E-state index >= 15 is 0 Å². The number of fused-ring (bicyclic) bond motifs is 2. The number of likely N-dealkylation sites (tertiary alicyclic amines) is 1. The van der Waals surface area contributed by atoms with Crippen molar-refractivity contribution < 1.29 is 33.1 Å². The van der Waals surface area contributed by atoms with E-state index in [2.05, 4.69) is 36.5 Å². The summed E-state index contributed by atoms with van der Waals surface area (Å²) >= 11 is 0. The summed E-state index contributed by atoms with van der Waals surface area (Å²) in [6.07, 6.45) is 4.90. The Hall–Kier alpha value is -6.95. The van der Waals surface area contributed by atoms with Crippen LogP contribution in [0.3, 0.4) is 0 Å². The maximum Gasteiger partial charge on any atom is 0.255 e. The highest BCUT2D eigenvalue weighted by Crippen LogP contribution is 2.35. The van der Waals surface area contributed by atoms with E-state index in [1.54, 1.807) is 4.90 Å². The van der Waals surface area contributed by atoms with Gasteiger partial charge in [0.25, 0.3) is 11.8 Å². The summed E-state index contributed by atoms with van der Waals surface area (Å²) < 4.78 is 20.9. The van der Waals surface area contributed by atoms with Gasteiger partial charge in [-0.15, -0.1) is 0 Å². The summed E-state index contributed by atoms with van der Waals surface area (Å²) in [5.41, 5.74) is 11.9. The SMILES string of the molecule is COc1ccc(F)cc1C(=O)NCc1ccc(-c2nn(C3CCN(C(=O)CCCCN4CCN(c5ccc6c(c5)CN(C5CCC(=O)NC5=O)C6=O)CC4)C3)c3ncnc(N)c23)cc1. The zero-order valence-corrected chi connectivity index (χ0v) is 35.6. The fourth-order valence-electron chi connectivity index (χ4n) is 9.29. The summed E-state index contributed by atoms with van der Waals surface area (Å²) in [6.45, 7) is 6.09. The lowest BCUT2D eigenvalue weighted by Crippen LogP contribution is -2.52. The van der Waals surface area contributed by atoms with Crippen LogP contribution in [0.2, 0.25) is 0 Å². The van der Waals surface area contributed by atoms with Gasteiger partial charge in [-0.05, 0) is 79.8 Å². The number of carbonyl (C=O) groups excluding carboxylic acids is 5. The van der Waals surface area contributed by atoms with Crippen molar-refractivity contribution in [3.8, 4) is 17.0 Å². The molecule has 5 amide bonds. The van der Waals surface area contributed by atoms with Crippen molar-refractivity contribution in [1.82, 2.24) is 45.1 Å². The van der Waals surface area contributed by atoms with Crippen molar-refractivity contribution in [1.29, 1.82) is 0 Å². The molecule has 2 aromatic heterocycles. The lowest BCUT2D eigenvalue weighted by Gasteiger charge is -2.36. The molecule has 3 aromatic carbocycles. The Morgan fingerprint density at radius 3 is 2.55 bits per heavy atom. The lowest BCUT2D eigenvalue weighted by molar-refractivity contribution is -0.137. The van der Waals surface area contributed by atoms with Gasteiger partial charge < -0.3 is 30.5 Å². The van der Waals surface area contributed by atoms with Crippen molar-refractivity contribution in [3.63, 3.8) is 0 Å². The highest BCUT2D eigenvalue weighted by atomic mass is 19.1. The first kappa shape index (κ1) is 42.4. The first-order chi connectivity index (χ1) is 31.0. The molecule has 4 N–H and O–H groups in total. The number of carbonyl (C=O) groups is 5. The van der Waals surface area contributed by atoms with Crippen LogP contribution >= 0.6 is 0 Å². The maximum atomic E-state index is 13.8. The van der Waals surface area contributed by atoms with Crippen molar-refractivity contribution in [2.45, 2.75) is 63.7 Å². The molecular weight excluding hydrogens is 822 g/mol. The van der Waals surface area contributed by atoms with Crippen LogP contribution in [0.1, 0.15) is 76.4 Å². The van der Waals surface area contributed by atoms with Gasteiger partial charge >= 0.3 is 0 Å². The molecule has 332 valence electrons. The number of nitrogens with one attached hydrogen (secondary N) is 2. The number of unbranched alkanes of at least 4 members (excludes halogenated alkanes) is 1. The number of aromatic nitrogens is 4. The highest BCUT2D eigenvalue weighted by Gasteiger charge is 2.39. The second-order valence-electron chi connectivity index (χ2n) is 16.8. The standard InChI is InChI=1S/C46H50FN11O6/c1-64-37-13-9-31(47)23-35(37)44(61)49-24-28-5-7-29(8-6-28)41-40-42(48)50-27-51-43(40)58(53-41)33-15-17-56(26-33)39(60)4-2-3-16-54-18-20-55(21-19-54)32-10-11-34-30(22-32)25-57(46(34)63)36-12-14-38(59)52-45(36)62/h5-11,13,22-23,27,33,36H,2-4,12,14-21,24-26H2,1H3,(H,49,61)(H2,48,50,51)(H,52,59,62). The van der Waals surface area contributed by atoms with Crippen LogP contribution in [0, 0.1) is 5.82 Å². The second-order valence-corrected chi connectivity index (χ2v) is 16.8. The number of rotatable bonds is 13. The van der Waals surface area contributed by atoms with Gasteiger partial charge in [-0.3, -0.25) is 34.2 Å². The number of piperidine rings is 1. The molecule has 9 rings (SSSR count). The summed E-state index contributed by atoms with van der Waals surface area (Å²) in [6, 6.07) is 16.5. The molecule has 0 bridgehead atoms. The normalized spacial score (nSPS) is 19.0. The van der Waals surface area contributed by atoms with Gasteiger partial charge in [-0.1, -0.05) is 24.3 Å². The van der Waals surface area contributed by atoms with E-state index in [0.717, 1.165) is 80.4 Å². The number of nitrogens with zero attached hydrogens (tertiary/aromatic N) is 8. The van der Waals surface area contributed by atoms with Gasteiger partial charge in [0.2, 0.25) is 17.7 Å². The maximum absolute atomic E-state index is 13.8. The molecule has 5 aromatic rings. The lowest BCUT2D eigenvalue weighted by atomic mass is 10.0. The van der Waals surface area contributed by atoms with Crippen LogP contribution in [0.15, 0.2) is 67.0 Å². The van der Waals surface area contributed by atoms with Crippen molar-refractivity contribution in [2.75, 3.05) is 63.6 Å². The highest BCUT2D eigenvalue weighted by molar-refractivity contribution is 6.05. The summed E-state index contributed by atoms with van der Waals surface area (Å²) in [5, 5.41) is 10.8. The number of halogens is 1. The number of imide groups is 1. The molecule has 64 heavy (non-hydrogen) atoms. The topological polar surface area (TPSA) is 201 Å². The van der Waals surface area contributed by atoms with E-state index in [-0.39, 0.29) is 48.0 Å². The van der Waals surface area contributed by atoms with Crippen LogP contribution in [-0.4, -0.2) is 123 Å². The average Bonchev–Trinajstić information content (AvgIpc) is 4.04. The van der Waals surface area contributed by atoms with Gasteiger partial charge in [0.1, 0.15) is 35.4 Å². The fraction of sp³-hybridized carbons (Fsp3) is 0.391. The van der Waals surface area contributed by atoms with E-state index in [9.17, 15) is 28.4 Å². The minimum absolute atomic E-state index is 0.0875. The number of benzene rings is 3. The van der Waals surface area contributed by atoms with Crippen LogP contribution < -0.4 is 26.0 Å². The molecule has 0 saturated carbocycles. The number of anilines is 2. The van der Waals surface area contributed by atoms with E-state index in [0.29, 0.717) is 60.6 Å². The molecular formula is C46H50FN11O6. The third kappa shape index (κ3) is 8.56. The third-order valence-electron chi connectivity index (χ3n) is 12.8. The summed E-state index contributed by atoms with van der Waals surface area (Å²) in [7, 11) is 1.43. The average molecular weight is 872 g/mol. The Morgan fingerprint density at radius 2 is 1.77 bits per heavy atom. The number of hydrogen-bond donors (Lipinski definition) is 3. The molecule has 18 heteroatoms. The molecule has 4 aliphatic rings. The fourth-order valence-corrected chi connectivity index (χ4v) is 9.29. The van der Waals surface area contributed by atoms with E-state index < -0.39 is 23.7 Å². The third-order valence-corrected chi connectivity index (χ3v) is 12.8. The molecule has 4 aliphatic heterocycles. The number of hydrogen-bond acceptors (Lipinski definition) is 12. The Labute approximate surface area is 368 Å². The number of nitrogens with two attached hydrogens (primary N) is 1. The van der Waals surface area contributed by atoms with E-state index in [4.69, 9.17) is 15.6 Å². The molecule has 3 fully saturated rings. The Kier molecular flexibility index (Phi) is 11.9. The quantitative estimate of drug-likeness (QED) is 0.115. The zero-order chi connectivity index (χ0) is 44.5. The zero-order valence-electron chi connectivity index (χ0n) is 35.6. The van der Waals surface area contributed by atoms with Crippen LogP contribution in [0.4, 0.5) is 15.9 Å². The van der Waals surface area contributed by atoms with E-state index in [1.807, 2.05) is 46.0 Å². The largest absolute Gasteiger partial charge is 0.496 e. The van der Waals surface area contributed by atoms with Crippen LogP contribution in [-0.2, 0) is 27.5 Å². The van der Waals surface area contributed by atoms with Crippen molar-refractivity contribution >= 4 is 52.1 Å². The molecule has 0 spiro atoms. The molecule has 17 nitrogen and oxygen atoms in total. The van der Waals surface area contributed by atoms with Crippen LogP contribution in [0.25, 0.3) is 22.3 Å². The molecule has 3 saturated heterocycles. The number of piperazine rings is 1. The first-order valence-electron chi connectivity index (χ1n) is 21.8. The number of amides is 5. The van der Waals surface area contributed by atoms with Crippen molar-refractivity contribution in [2.24, 2.45) is 0 Å². The summed E-state index contributed by atoms with van der Waals surface area (Å²) in [4.78, 5) is 80.5. The Bertz CT molecular complexity index is 2630. The smallest absolute Gasteiger partial charge is 0.255 e. The number of nitrogen functional groups attached to an aromatic ring is 1. The van der Waals surface area contributed by atoms with Crippen LogP contribution in [0.5, 0.6) is 5.75 Å². The number of methoxy groups -OCH3 is 1. The first-order valence-corrected chi connectivity index (χ1v) is 21.8. The summed E-state index contributed by atoms with van der Waals surface area (Å²) in [5.74, 6) is -1.14. The van der Waals surface area contributed by atoms with Gasteiger partial charge in [-0.25, -0.2) is 19.0 Å². The van der Waals surface area contributed by atoms with Crippen molar-refractivity contribution in [3.05, 3.63) is 95.1 Å². The van der Waals surface area contributed by atoms with Gasteiger partial charge in [0, 0.05) is 82.0 Å². The molecule has 6 heterocycles. The Balaban J connectivity index is 0.741.